The Morgan fingerprint density at radius 2 is 1.90 bits per heavy atom. The molecule has 8 nitrogen and oxygen atoms in total. The topological polar surface area (TPSA) is 84.6 Å². The predicted molar refractivity (Wildman–Crippen MR) is 109 cm³/mol. The van der Waals surface area contributed by atoms with E-state index in [1.807, 2.05) is 24.8 Å². The van der Waals surface area contributed by atoms with E-state index < -0.39 is 0 Å². The second kappa shape index (κ2) is 7.69. The molecular weight excluding hydrogens is 370 g/mol. The highest BCUT2D eigenvalue weighted by Crippen LogP contribution is 2.28. The fourth-order valence-electron chi connectivity index (χ4n) is 3.65. The summed E-state index contributed by atoms with van der Waals surface area (Å²) in [7, 11) is 0. The van der Waals surface area contributed by atoms with Gasteiger partial charge in [-0.3, -0.25) is 4.79 Å². The first-order chi connectivity index (χ1) is 13.9. The number of aryl methyl sites for hydroxylation is 2. The highest BCUT2D eigenvalue weighted by Gasteiger charge is 2.27. The Hall–Kier alpha value is -3.16. The summed E-state index contributed by atoms with van der Waals surface area (Å²) in [5.41, 5.74) is 3.15. The van der Waals surface area contributed by atoms with Gasteiger partial charge in [-0.1, -0.05) is 5.16 Å². The number of piperazine rings is 1. The summed E-state index contributed by atoms with van der Waals surface area (Å²) in [6.07, 6.45) is 1.56. The van der Waals surface area contributed by atoms with Gasteiger partial charge in [0.25, 0.3) is 5.91 Å². The molecule has 1 saturated heterocycles. The van der Waals surface area contributed by atoms with E-state index in [1.165, 1.54) is 6.33 Å². The number of rotatable bonds is 4. The first-order valence-electron chi connectivity index (χ1n) is 9.82. The normalized spacial score (nSPS) is 14.7. The van der Waals surface area contributed by atoms with Crippen LogP contribution in [0.25, 0.3) is 10.9 Å². The molecule has 8 heteroatoms. The van der Waals surface area contributed by atoms with Gasteiger partial charge in [0.2, 0.25) is 5.88 Å². The average molecular weight is 395 g/mol. The zero-order chi connectivity index (χ0) is 20.5. The van der Waals surface area contributed by atoms with Crippen molar-refractivity contribution in [3.8, 4) is 5.88 Å². The van der Waals surface area contributed by atoms with Gasteiger partial charge in [0, 0.05) is 31.9 Å². The smallest absolute Gasteiger partial charge is 0.259 e. The third-order valence-corrected chi connectivity index (χ3v) is 5.11. The van der Waals surface area contributed by atoms with Crippen molar-refractivity contribution in [2.24, 2.45) is 0 Å². The first-order valence-corrected chi connectivity index (χ1v) is 9.82. The lowest BCUT2D eigenvalue weighted by Crippen LogP contribution is -2.49. The van der Waals surface area contributed by atoms with Crippen LogP contribution in [-0.4, -0.2) is 58.2 Å². The minimum Gasteiger partial charge on any atom is -0.474 e. The van der Waals surface area contributed by atoms with Gasteiger partial charge in [0.15, 0.2) is 0 Å². The molecule has 1 amide bonds. The Kier molecular flexibility index (Phi) is 5.08. The number of aromatic nitrogens is 3. The average Bonchev–Trinajstić information content (AvgIpc) is 3.05. The van der Waals surface area contributed by atoms with Crippen molar-refractivity contribution in [2.45, 2.75) is 33.8 Å². The van der Waals surface area contributed by atoms with Gasteiger partial charge in [0.05, 0.1) is 22.7 Å². The number of carbonyl (C=O) groups is 1. The maximum Gasteiger partial charge on any atom is 0.259 e. The number of ether oxygens (including phenoxy) is 1. The predicted octanol–water partition coefficient (Wildman–Crippen LogP) is 2.98. The maximum atomic E-state index is 12.8. The van der Waals surface area contributed by atoms with E-state index in [2.05, 4.69) is 32.2 Å². The number of nitrogens with zero attached hydrogens (tertiary/aromatic N) is 5. The standard InChI is InChI=1S/C21H25N5O3/c1-13(2)28-20-17-11-16(5-6-18(17)22-12-23-20)25-7-9-26(10-8-25)21(27)19-14(3)24-29-15(19)4/h5-6,11-13H,7-10H2,1-4H3. The van der Waals surface area contributed by atoms with Crippen LogP contribution in [0.5, 0.6) is 5.88 Å². The first kappa shape index (κ1) is 19.2. The van der Waals surface area contributed by atoms with Gasteiger partial charge in [-0.25, -0.2) is 9.97 Å². The molecular formula is C21H25N5O3. The summed E-state index contributed by atoms with van der Waals surface area (Å²) in [5, 5.41) is 4.79. The van der Waals surface area contributed by atoms with Gasteiger partial charge in [-0.2, -0.15) is 0 Å². The Balaban J connectivity index is 1.51. The third-order valence-electron chi connectivity index (χ3n) is 5.11. The van der Waals surface area contributed by atoms with Crippen molar-refractivity contribution in [2.75, 3.05) is 31.1 Å². The molecule has 0 bridgehead atoms. The number of hydrogen-bond acceptors (Lipinski definition) is 7. The molecule has 0 saturated carbocycles. The Bertz CT molecular complexity index is 1020. The van der Waals surface area contributed by atoms with E-state index >= 15 is 0 Å². The van der Waals surface area contributed by atoms with E-state index in [9.17, 15) is 4.79 Å². The third kappa shape index (κ3) is 3.74. The highest BCUT2D eigenvalue weighted by atomic mass is 16.5. The molecule has 0 spiro atoms. The lowest BCUT2D eigenvalue weighted by molar-refractivity contribution is 0.0744. The van der Waals surface area contributed by atoms with Crippen LogP contribution in [0.1, 0.15) is 35.7 Å². The largest absolute Gasteiger partial charge is 0.474 e. The monoisotopic (exact) mass is 395 g/mol. The van der Waals surface area contributed by atoms with Crippen LogP contribution < -0.4 is 9.64 Å². The van der Waals surface area contributed by atoms with Crippen LogP contribution in [0.3, 0.4) is 0 Å². The summed E-state index contributed by atoms with van der Waals surface area (Å²) >= 11 is 0. The molecule has 1 fully saturated rings. The SMILES string of the molecule is Cc1noc(C)c1C(=O)N1CCN(c2ccc3ncnc(OC(C)C)c3c2)CC1. The summed E-state index contributed by atoms with van der Waals surface area (Å²) in [6.45, 7) is 10.3. The molecule has 4 rings (SSSR count). The lowest BCUT2D eigenvalue weighted by Gasteiger charge is -2.36. The minimum atomic E-state index is -0.0135. The van der Waals surface area contributed by atoms with E-state index in [0.29, 0.717) is 36.0 Å². The molecule has 152 valence electrons. The van der Waals surface area contributed by atoms with Crippen LogP contribution in [0, 0.1) is 13.8 Å². The van der Waals surface area contributed by atoms with Crippen molar-refractivity contribution >= 4 is 22.5 Å². The lowest BCUT2D eigenvalue weighted by atomic mass is 10.1. The highest BCUT2D eigenvalue weighted by molar-refractivity contribution is 5.96. The van der Waals surface area contributed by atoms with Crippen molar-refractivity contribution in [1.82, 2.24) is 20.0 Å². The molecule has 1 aliphatic heterocycles. The van der Waals surface area contributed by atoms with Crippen LogP contribution in [-0.2, 0) is 0 Å². The van der Waals surface area contributed by atoms with Crippen LogP contribution in [0.4, 0.5) is 5.69 Å². The molecule has 1 aromatic carbocycles. The Morgan fingerprint density at radius 1 is 1.14 bits per heavy atom. The summed E-state index contributed by atoms with van der Waals surface area (Å²) in [5.74, 6) is 1.15. The number of benzene rings is 1. The van der Waals surface area contributed by atoms with Gasteiger partial charge in [-0.05, 0) is 45.9 Å². The molecule has 3 aromatic rings. The van der Waals surface area contributed by atoms with Gasteiger partial charge >= 0.3 is 0 Å². The Morgan fingerprint density at radius 3 is 2.55 bits per heavy atom. The van der Waals surface area contributed by atoms with Gasteiger partial charge < -0.3 is 19.1 Å². The quantitative estimate of drug-likeness (QED) is 0.671. The molecule has 0 unspecified atom stereocenters. The number of carbonyl (C=O) groups excluding carboxylic acids is 1. The van der Waals surface area contributed by atoms with E-state index in [4.69, 9.17) is 9.26 Å². The van der Waals surface area contributed by atoms with Crippen LogP contribution >= 0.6 is 0 Å². The molecule has 3 heterocycles. The van der Waals surface area contributed by atoms with E-state index in [-0.39, 0.29) is 12.0 Å². The van der Waals surface area contributed by atoms with E-state index in [0.717, 1.165) is 29.7 Å². The van der Waals surface area contributed by atoms with Crippen LogP contribution in [0.15, 0.2) is 29.0 Å². The number of fused-ring (bicyclic) bond motifs is 1. The van der Waals surface area contributed by atoms with Crippen molar-refractivity contribution in [3.05, 3.63) is 41.5 Å². The Labute approximate surface area is 169 Å². The number of amides is 1. The van der Waals surface area contributed by atoms with Crippen molar-refractivity contribution in [3.63, 3.8) is 0 Å². The molecule has 1 aliphatic rings. The molecule has 0 aliphatic carbocycles. The summed E-state index contributed by atoms with van der Waals surface area (Å²) in [6, 6.07) is 6.11. The zero-order valence-corrected chi connectivity index (χ0v) is 17.2. The van der Waals surface area contributed by atoms with E-state index in [1.54, 1.807) is 13.8 Å². The maximum absolute atomic E-state index is 12.8. The minimum absolute atomic E-state index is 0.0135. The van der Waals surface area contributed by atoms with Crippen LogP contribution in [0.2, 0.25) is 0 Å². The fraction of sp³-hybridized carbons (Fsp3) is 0.429. The fourth-order valence-corrected chi connectivity index (χ4v) is 3.65. The second-order valence-electron chi connectivity index (χ2n) is 7.53. The van der Waals surface area contributed by atoms with Crippen molar-refractivity contribution in [1.29, 1.82) is 0 Å². The molecule has 0 N–H and O–H groups in total. The van der Waals surface area contributed by atoms with Crippen molar-refractivity contribution < 1.29 is 14.1 Å². The molecule has 0 radical (unpaired) electrons. The second-order valence-corrected chi connectivity index (χ2v) is 7.53. The molecule has 0 atom stereocenters. The molecule has 29 heavy (non-hydrogen) atoms. The summed E-state index contributed by atoms with van der Waals surface area (Å²) < 4.78 is 11.0. The number of hydrogen-bond donors (Lipinski definition) is 0. The molecule has 2 aromatic heterocycles. The summed E-state index contributed by atoms with van der Waals surface area (Å²) in [4.78, 5) is 25.6. The number of anilines is 1. The van der Waals surface area contributed by atoms with Gasteiger partial charge in [-0.15, -0.1) is 0 Å². The van der Waals surface area contributed by atoms with Gasteiger partial charge in [0.1, 0.15) is 17.7 Å². The zero-order valence-electron chi connectivity index (χ0n) is 17.2.